The van der Waals surface area contributed by atoms with Gasteiger partial charge in [0.15, 0.2) is 5.65 Å². The van der Waals surface area contributed by atoms with Crippen LogP contribution in [-0.4, -0.2) is 69.2 Å². The van der Waals surface area contributed by atoms with E-state index in [9.17, 15) is 4.79 Å². The van der Waals surface area contributed by atoms with Crippen molar-refractivity contribution in [1.82, 2.24) is 29.5 Å². The summed E-state index contributed by atoms with van der Waals surface area (Å²) < 4.78 is 1.76. The number of fused-ring (bicyclic) bond motifs is 1. The molecule has 1 aliphatic rings. The number of benzene rings is 2. The van der Waals surface area contributed by atoms with Crippen LogP contribution in [0.15, 0.2) is 54.9 Å². The second kappa shape index (κ2) is 8.97. The van der Waals surface area contributed by atoms with Crippen molar-refractivity contribution in [3.05, 3.63) is 60.4 Å². The zero-order chi connectivity index (χ0) is 22.8. The summed E-state index contributed by atoms with van der Waals surface area (Å²) in [5.74, 6) is 0.391. The Balaban J connectivity index is 1.47. The Bertz CT molecular complexity index is 1260. The molecule has 0 bridgehead atoms. The molecule has 3 heterocycles. The first-order valence-electron chi connectivity index (χ1n) is 10.9. The average Bonchev–Trinajstić information content (AvgIpc) is 3.23. The summed E-state index contributed by atoms with van der Waals surface area (Å²) in [7, 11) is 2.17. The first-order valence-corrected chi connectivity index (χ1v) is 10.9. The van der Waals surface area contributed by atoms with Crippen molar-refractivity contribution in [2.24, 2.45) is 0 Å². The highest BCUT2D eigenvalue weighted by Gasteiger charge is 2.19. The number of hydrogen-bond donors (Lipinski definition) is 2. The van der Waals surface area contributed by atoms with E-state index in [1.165, 1.54) is 11.9 Å². The molecule has 1 aliphatic heterocycles. The largest absolute Gasteiger partial charge is 0.383 e. The van der Waals surface area contributed by atoms with Gasteiger partial charge in [0, 0.05) is 44.0 Å². The number of carbonyl (C=O) groups is 1. The van der Waals surface area contributed by atoms with Gasteiger partial charge in [0.25, 0.3) is 0 Å². The van der Waals surface area contributed by atoms with E-state index < -0.39 is 0 Å². The van der Waals surface area contributed by atoms with E-state index in [0.717, 1.165) is 55.1 Å². The summed E-state index contributed by atoms with van der Waals surface area (Å²) in [5, 5.41) is 8.21. The standard InChI is InChI=1S/C24H26N8O/c1-30-10-12-31(13-11-30)14-17-2-4-18(5-3-17)22-21-23(25)26-15-27-24(21)32(29-22)20-8-6-19(7-9-20)28-16-33/h2-9,15-16H,10-14H2,1H3,(H,28,33)(H2,25,26,27). The molecular formula is C24H26N8O. The molecule has 4 aromatic rings. The van der Waals surface area contributed by atoms with Gasteiger partial charge in [0.2, 0.25) is 6.41 Å². The van der Waals surface area contributed by atoms with E-state index in [4.69, 9.17) is 10.8 Å². The predicted octanol–water partition coefficient (Wildman–Crippen LogP) is 2.38. The molecule has 0 unspecified atom stereocenters. The molecule has 1 fully saturated rings. The van der Waals surface area contributed by atoms with Crippen molar-refractivity contribution >= 4 is 28.9 Å². The molecular weight excluding hydrogens is 416 g/mol. The molecule has 0 radical (unpaired) electrons. The van der Waals surface area contributed by atoms with E-state index in [2.05, 4.69) is 56.4 Å². The van der Waals surface area contributed by atoms with E-state index in [-0.39, 0.29) is 0 Å². The number of amides is 1. The Morgan fingerprint density at radius 3 is 2.42 bits per heavy atom. The topological polar surface area (TPSA) is 105 Å². The Morgan fingerprint density at radius 2 is 1.73 bits per heavy atom. The number of nitrogens with zero attached hydrogens (tertiary/aromatic N) is 6. The van der Waals surface area contributed by atoms with Crippen molar-refractivity contribution in [2.75, 3.05) is 44.3 Å². The van der Waals surface area contributed by atoms with Crippen LogP contribution in [0.5, 0.6) is 0 Å². The summed E-state index contributed by atoms with van der Waals surface area (Å²) in [5.41, 5.74) is 11.4. The summed E-state index contributed by atoms with van der Waals surface area (Å²) in [4.78, 5) is 24.2. The number of likely N-dealkylation sites (N-methyl/N-ethyl adjacent to an activating group) is 1. The Labute approximate surface area is 191 Å². The summed E-state index contributed by atoms with van der Waals surface area (Å²) in [6.07, 6.45) is 2.10. The number of nitrogens with one attached hydrogen (secondary N) is 1. The van der Waals surface area contributed by atoms with E-state index in [0.29, 0.717) is 23.6 Å². The lowest BCUT2D eigenvalue weighted by Gasteiger charge is -2.32. The Hall–Kier alpha value is -3.82. The molecule has 9 nitrogen and oxygen atoms in total. The second-order valence-corrected chi connectivity index (χ2v) is 8.30. The van der Waals surface area contributed by atoms with Crippen LogP contribution in [0.3, 0.4) is 0 Å². The average molecular weight is 443 g/mol. The van der Waals surface area contributed by atoms with E-state index in [1.807, 2.05) is 24.3 Å². The zero-order valence-corrected chi connectivity index (χ0v) is 18.5. The van der Waals surface area contributed by atoms with Gasteiger partial charge in [-0.1, -0.05) is 24.3 Å². The number of piperazine rings is 1. The zero-order valence-electron chi connectivity index (χ0n) is 18.5. The number of carbonyl (C=O) groups excluding carboxylic acids is 1. The molecule has 0 saturated carbocycles. The van der Waals surface area contributed by atoms with Gasteiger partial charge in [-0.15, -0.1) is 0 Å². The second-order valence-electron chi connectivity index (χ2n) is 8.30. The lowest BCUT2D eigenvalue weighted by Crippen LogP contribution is -2.43. The third-order valence-corrected chi connectivity index (χ3v) is 6.06. The third-order valence-electron chi connectivity index (χ3n) is 6.06. The molecule has 9 heteroatoms. The molecule has 1 amide bonds. The minimum absolute atomic E-state index is 0.391. The van der Waals surface area contributed by atoms with Crippen LogP contribution in [0.1, 0.15) is 5.56 Å². The highest BCUT2D eigenvalue weighted by atomic mass is 16.1. The summed E-state index contributed by atoms with van der Waals surface area (Å²) in [6.45, 7) is 5.32. The van der Waals surface area contributed by atoms with Crippen LogP contribution in [0.4, 0.5) is 11.5 Å². The fourth-order valence-electron chi connectivity index (χ4n) is 4.16. The maximum absolute atomic E-state index is 10.7. The highest BCUT2D eigenvalue weighted by Crippen LogP contribution is 2.32. The maximum atomic E-state index is 10.7. The smallest absolute Gasteiger partial charge is 0.211 e. The van der Waals surface area contributed by atoms with Gasteiger partial charge in [-0.25, -0.2) is 14.6 Å². The maximum Gasteiger partial charge on any atom is 0.211 e. The van der Waals surface area contributed by atoms with Crippen molar-refractivity contribution < 1.29 is 4.79 Å². The highest BCUT2D eigenvalue weighted by molar-refractivity contribution is 5.98. The monoisotopic (exact) mass is 442 g/mol. The number of rotatable bonds is 6. The molecule has 0 spiro atoms. The van der Waals surface area contributed by atoms with Crippen LogP contribution < -0.4 is 11.1 Å². The van der Waals surface area contributed by atoms with Crippen molar-refractivity contribution in [2.45, 2.75) is 6.54 Å². The van der Waals surface area contributed by atoms with Gasteiger partial charge in [0.05, 0.1) is 11.1 Å². The van der Waals surface area contributed by atoms with Gasteiger partial charge in [-0.3, -0.25) is 9.69 Å². The van der Waals surface area contributed by atoms with E-state index in [1.54, 1.807) is 4.68 Å². The van der Waals surface area contributed by atoms with Crippen molar-refractivity contribution in [3.8, 4) is 16.9 Å². The lowest BCUT2D eigenvalue weighted by molar-refractivity contribution is -0.105. The van der Waals surface area contributed by atoms with Crippen LogP contribution in [0.25, 0.3) is 28.0 Å². The predicted molar refractivity (Wildman–Crippen MR) is 129 cm³/mol. The number of nitrogen functional groups attached to an aromatic ring is 1. The number of nitrogens with two attached hydrogens (primary N) is 1. The molecule has 2 aromatic heterocycles. The summed E-state index contributed by atoms with van der Waals surface area (Å²) in [6, 6.07) is 15.8. The fraction of sp³-hybridized carbons (Fsp3) is 0.250. The minimum atomic E-state index is 0.391. The van der Waals surface area contributed by atoms with Gasteiger partial charge in [0.1, 0.15) is 17.8 Å². The van der Waals surface area contributed by atoms with Gasteiger partial charge >= 0.3 is 0 Å². The van der Waals surface area contributed by atoms with Gasteiger partial charge < -0.3 is 16.0 Å². The number of hydrogen-bond acceptors (Lipinski definition) is 7. The molecule has 168 valence electrons. The number of anilines is 2. The lowest BCUT2D eigenvalue weighted by atomic mass is 10.1. The fourth-order valence-corrected chi connectivity index (χ4v) is 4.16. The third kappa shape index (κ3) is 4.28. The SMILES string of the molecule is CN1CCN(Cc2ccc(-c3nn(-c4ccc(NC=O)cc4)c4ncnc(N)c34)cc2)CC1. The normalized spacial score (nSPS) is 15.1. The molecule has 1 saturated heterocycles. The van der Waals surface area contributed by atoms with Crippen LogP contribution in [0, 0.1) is 0 Å². The quantitative estimate of drug-likeness (QED) is 0.442. The van der Waals surface area contributed by atoms with Gasteiger partial charge in [-0.05, 0) is 36.9 Å². The van der Waals surface area contributed by atoms with Crippen molar-refractivity contribution in [1.29, 1.82) is 0 Å². The Morgan fingerprint density at radius 1 is 1.00 bits per heavy atom. The summed E-state index contributed by atoms with van der Waals surface area (Å²) >= 11 is 0. The molecule has 2 aromatic carbocycles. The van der Waals surface area contributed by atoms with E-state index >= 15 is 0 Å². The first-order chi connectivity index (χ1) is 16.1. The van der Waals surface area contributed by atoms with Crippen LogP contribution in [0.2, 0.25) is 0 Å². The van der Waals surface area contributed by atoms with Crippen LogP contribution in [-0.2, 0) is 11.3 Å². The number of aromatic nitrogens is 4. The first kappa shape index (κ1) is 21.0. The molecule has 0 aliphatic carbocycles. The van der Waals surface area contributed by atoms with Gasteiger partial charge in [-0.2, -0.15) is 5.10 Å². The molecule has 0 atom stereocenters. The van der Waals surface area contributed by atoms with Crippen LogP contribution >= 0.6 is 0 Å². The minimum Gasteiger partial charge on any atom is -0.383 e. The van der Waals surface area contributed by atoms with Crippen molar-refractivity contribution in [3.63, 3.8) is 0 Å². The molecule has 33 heavy (non-hydrogen) atoms. The molecule has 3 N–H and O–H groups in total. The molecule has 5 rings (SSSR count). The Kier molecular flexibility index (Phi) is 5.72.